The first-order chi connectivity index (χ1) is 35.0. The van der Waals surface area contributed by atoms with E-state index in [1.54, 1.807) is 0 Å². The van der Waals surface area contributed by atoms with E-state index >= 15 is 0 Å². The van der Waals surface area contributed by atoms with E-state index < -0.39 is 6.10 Å². The number of esters is 3. The van der Waals surface area contributed by atoms with Gasteiger partial charge in [-0.25, -0.2) is 0 Å². The molecule has 0 amide bonds. The number of ether oxygens (including phenoxy) is 3. The highest BCUT2D eigenvalue weighted by Crippen LogP contribution is 2.17. The largest absolute Gasteiger partial charge is 0.462 e. The van der Waals surface area contributed by atoms with E-state index in [-0.39, 0.29) is 31.1 Å². The lowest BCUT2D eigenvalue weighted by Crippen LogP contribution is -2.30. The zero-order valence-corrected chi connectivity index (χ0v) is 47.2. The molecule has 0 saturated carbocycles. The zero-order valence-electron chi connectivity index (χ0n) is 47.2. The third-order valence-electron chi connectivity index (χ3n) is 13.5. The molecule has 0 unspecified atom stereocenters. The highest BCUT2D eigenvalue weighted by Gasteiger charge is 2.19. The van der Waals surface area contributed by atoms with Gasteiger partial charge in [-0.2, -0.15) is 0 Å². The second-order valence-electron chi connectivity index (χ2n) is 20.6. The van der Waals surface area contributed by atoms with E-state index in [9.17, 15) is 14.4 Å². The van der Waals surface area contributed by atoms with E-state index in [1.807, 2.05) is 0 Å². The molecule has 0 aromatic rings. The third kappa shape index (κ3) is 57.9. The number of carbonyl (C=O) groups is 3. The minimum Gasteiger partial charge on any atom is -0.462 e. The highest BCUT2D eigenvalue weighted by atomic mass is 16.6. The van der Waals surface area contributed by atoms with E-state index in [4.69, 9.17) is 14.2 Å². The van der Waals surface area contributed by atoms with Gasteiger partial charge in [-0.15, -0.1) is 0 Å². The second-order valence-corrected chi connectivity index (χ2v) is 20.6. The smallest absolute Gasteiger partial charge is 0.306 e. The molecular weight excluding hydrogens is 877 g/mol. The minimum atomic E-state index is -0.783. The monoisotopic (exact) mass is 993 g/mol. The molecule has 0 aromatic carbocycles. The van der Waals surface area contributed by atoms with Crippen LogP contribution in [0.15, 0.2) is 60.8 Å². The minimum absolute atomic E-state index is 0.0785. The van der Waals surface area contributed by atoms with Crippen LogP contribution in [0.3, 0.4) is 0 Å². The first kappa shape index (κ1) is 68.1. The Kier molecular flexibility index (Phi) is 57.2. The van der Waals surface area contributed by atoms with Crippen LogP contribution in [-0.4, -0.2) is 37.2 Å². The average molecular weight is 994 g/mol. The molecule has 0 N–H and O–H groups in total. The number of unbranched alkanes of at least 4 members (excludes halogenated alkanes) is 35. The molecule has 0 rings (SSSR count). The predicted molar refractivity (Wildman–Crippen MR) is 307 cm³/mol. The lowest BCUT2D eigenvalue weighted by atomic mass is 10.0. The van der Waals surface area contributed by atoms with Crippen molar-refractivity contribution in [1.82, 2.24) is 0 Å². The van der Waals surface area contributed by atoms with Crippen molar-refractivity contribution >= 4 is 17.9 Å². The Morgan fingerprint density at radius 2 is 0.549 bits per heavy atom. The molecular formula is C65H116O6. The summed E-state index contributed by atoms with van der Waals surface area (Å²) in [5.74, 6) is -0.884. The van der Waals surface area contributed by atoms with Crippen LogP contribution in [0.5, 0.6) is 0 Å². The summed E-state index contributed by atoms with van der Waals surface area (Å²) in [5, 5.41) is 0. The van der Waals surface area contributed by atoms with Gasteiger partial charge in [-0.05, 0) is 83.5 Å². The summed E-state index contributed by atoms with van der Waals surface area (Å²) in [4.78, 5) is 38.3. The molecule has 0 aliphatic rings. The molecule has 0 aromatic heterocycles. The van der Waals surface area contributed by atoms with E-state index in [2.05, 4.69) is 81.5 Å². The summed E-state index contributed by atoms with van der Waals surface area (Å²) < 4.78 is 16.9. The Morgan fingerprint density at radius 3 is 0.887 bits per heavy atom. The Morgan fingerprint density at radius 1 is 0.296 bits per heavy atom. The lowest BCUT2D eigenvalue weighted by molar-refractivity contribution is -0.167. The van der Waals surface area contributed by atoms with Crippen LogP contribution in [0, 0.1) is 0 Å². The van der Waals surface area contributed by atoms with E-state index in [0.29, 0.717) is 19.3 Å². The van der Waals surface area contributed by atoms with Gasteiger partial charge in [0, 0.05) is 19.3 Å². The highest BCUT2D eigenvalue weighted by molar-refractivity contribution is 5.71. The quantitative estimate of drug-likeness (QED) is 0.0261. The van der Waals surface area contributed by atoms with Crippen molar-refractivity contribution in [3.8, 4) is 0 Å². The van der Waals surface area contributed by atoms with Crippen molar-refractivity contribution in [2.24, 2.45) is 0 Å². The van der Waals surface area contributed by atoms with Crippen LogP contribution < -0.4 is 0 Å². The number of rotatable bonds is 56. The molecule has 0 heterocycles. The fourth-order valence-electron chi connectivity index (χ4n) is 8.90. The molecule has 6 nitrogen and oxygen atoms in total. The van der Waals surface area contributed by atoms with Crippen molar-refractivity contribution in [3.63, 3.8) is 0 Å². The fraction of sp³-hybridized carbons (Fsp3) is 0.800. The Labute approximate surface area is 440 Å². The fourth-order valence-corrected chi connectivity index (χ4v) is 8.90. The van der Waals surface area contributed by atoms with Crippen LogP contribution in [0.25, 0.3) is 0 Å². The molecule has 0 aliphatic heterocycles. The maximum absolute atomic E-state index is 12.9. The predicted octanol–water partition coefficient (Wildman–Crippen LogP) is 20.8. The van der Waals surface area contributed by atoms with E-state index in [0.717, 1.165) is 103 Å². The summed E-state index contributed by atoms with van der Waals surface area (Å²) in [6, 6.07) is 0. The van der Waals surface area contributed by atoms with Crippen molar-refractivity contribution in [3.05, 3.63) is 60.8 Å². The van der Waals surface area contributed by atoms with Crippen molar-refractivity contribution in [1.29, 1.82) is 0 Å². The van der Waals surface area contributed by atoms with Crippen LogP contribution in [0.2, 0.25) is 0 Å². The number of hydrogen-bond acceptors (Lipinski definition) is 6. The summed E-state index contributed by atoms with van der Waals surface area (Å²) >= 11 is 0. The van der Waals surface area contributed by atoms with E-state index in [1.165, 1.54) is 173 Å². The van der Waals surface area contributed by atoms with Gasteiger partial charge in [0.1, 0.15) is 13.2 Å². The van der Waals surface area contributed by atoms with Crippen LogP contribution >= 0.6 is 0 Å². The molecule has 0 bridgehead atoms. The topological polar surface area (TPSA) is 78.9 Å². The number of hydrogen-bond donors (Lipinski definition) is 0. The molecule has 6 heteroatoms. The lowest BCUT2D eigenvalue weighted by Gasteiger charge is -2.18. The first-order valence-corrected chi connectivity index (χ1v) is 30.8. The maximum Gasteiger partial charge on any atom is 0.306 e. The SMILES string of the molecule is CC/C=C\C/C=C\C/C=C\CCCCCCCC(=O)OC[C@H](COC(=O)CCCCCCCCCCCCCCCCCCCCC)OC(=O)CCCCCCCCCCC/C=C\C/C=C\CCCCC. The van der Waals surface area contributed by atoms with Gasteiger partial charge in [0.25, 0.3) is 0 Å². The van der Waals surface area contributed by atoms with Crippen LogP contribution in [0.1, 0.15) is 316 Å². The van der Waals surface area contributed by atoms with Gasteiger partial charge >= 0.3 is 17.9 Å². The van der Waals surface area contributed by atoms with Crippen molar-refractivity contribution < 1.29 is 28.6 Å². The van der Waals surface area contributed by atoms with Gasteiger partial charge < -0.3 is 14.2 Å². The van der Waals surface area contributed by atoms with Crippen molar-refractivity contribution in [2.75, 3.05) is 13.2 Å². The third-order valence-corrected chi connectivity index (χ3v) is 13.5. The summed E-state index contributed by atoms with van der Waals surface area (Å²) in [7, 11) is 0. The Balaban J connectivity index is 4.36. The van der Waals surface area contributed by atoms with Gasteiger partial charge in [0.2, 0.25) is 0 Å². The molecule has 0 saturated heterocycles. The molecule has 0 spiro atoms. The van der Waals surface area contributed by atoms with Gasteiger partial charge in [-0.3, -0.25) is 14.4 Å². The van der Waals surface area contributed by atoms with Crippen molar-refractivity contribution in [2.45, 2.75) is 322 Å². The van der Waals surface area contributed by atoms with Crippen LogP contribution in [0.4, 0.5) is 0 Å². The van der Waals surface area contributed by atoms with Gasteiger partial charge in [-0.1, -0.05) is 274 Å². The van der Waals surface area contributed by atoms with Gasteiger partial charge in [0.05, 0.1) is 0 Å². The zero-order chi connectivity index (χ0) is 51.4. The molecule has 71 heavy (non-hydrogen) atoms. The summed E-state index contributed by atoms with van der Waals surface area (Å²) in [6.45, 7) is 6.53. The molecule has 0 radical (unpaired) electrons. The summed E-state index contributed by atoms with van der Waals surface area (Å²) in [6.07, 6.45) is 75.0. The number of carbonyl (C=O) groups excluding carboxylic acids is 3. The molecule has 0 fully saturated rings. The number of allylic oxidation sites excluding steroid dienone is 10. The average Bonchev–Trinajstić information content (AvgIpc) is 3.37. The standard InChI is InChI=1S/C65H116O6/c1-4-7-10-13-16-19-22-25-28-30-32-34-37-40-43-46-49-52-55-58-64(67)70-61-62(60-69-63(66)57-54-51-48-45-42-39-36-27-24-21-18-15-12-9-6-3)71-65(68)59-56-53-50-47-44-41-38-35-33-31-29-26-23-20-17-14-11-8-5-2/h9,12,17-18,20-21,26-27,29,36,62H,4-8,10-11,13-16,19,22-25,28,30-35,37-61H2,1-3H3/b12-9-,20-17-,21-18-,29-26-,36-27-/t62-/m1/s1. The van der Waals surface area contributed by atoms with Crippen LogP contribution in [-0.2, 0) is 28.6 Å². The second kappa shape index (κ2) is 59.7. The molecule has 412 valence electrons. The Bertz CT molecular complexity index is 1280. The maximum atomic E-state index is 12.9. The van der Waals surface area contributed by atoms with Gasteiger partial charge in [0.15, 0.2) is 6.10 Å². The Hall–Kier alpha value is -2.89. The molecule has 0 aliphatic carbocycles. The molecule has 1 atom stereocenters. The summed E-state index contributed by atoms with van der Waals surface area (Å²) in [5.41, 5.74) is 0. The first-order valence-electron chi connectivity index (χ1n) is 30.8. The normalized spacial score (nSPS) is 12.4.